The summed E-state index contributed by atoms with van der Waals surface area (Å²) in [6.45, 7) is 3.75. The Hall–Kier alpha value is -1.10. The van der Waals surface area contributed by atoms with E-state index in [1.165, 1.54) is 0 Å². The molecule has 158 valence electrons. The second-order valence-corrected chi connectivity index (χ2v) is 7.93. The Morgan fingerprint density at radius 3 is 2.56 bits per heavy atom. The summed E-state index contributed by atoms with van der Waals surface area (Å²) in [5.74, 6) is -1.33. The second kappa shape index (κ2) is 9.90. The molecule has 2 amide bonds. The zero-order valence-corrected chi connectivity index (χ0v) is 16.3. The standard InChI is InChI=1S/C17H33F3N6O/c1-11-9-14(21-7-8-26(2)3)24-15(22-11)25-16(27)23-13-6-4-5-12(10-13)17(18,19)20/h11-15,21-22,24H,4-10H2,1-3H3,(H2,23,25,27). The summed E-state index contributed by atoms with van der Waals surface area (Å²) in [7, 11) is 4.01. The summed E-state index contributed by atoms with van der Waals surface area (Å²) in [4.78, 5) is 14.3. The Morgan fingerprint density at radius 1 is 1.15 bits per heavy atom. The molecule has 0 aromatic carbocycles. The van der Waals surface area contributed by atoms with Gasteiger partial charge in [-0.3, -0.25) is 10.6 Å². The molecule has 2 aliphatic rings. The molecule has 1 saturated heterocycles. The summed E-state index contributed by atoms with van der Waals surface area (Å²) in [6, 6.07) is -0.702. The number of nitrogens with one attached hydrogen (secondary N) is 5. The molecule has 1 aliphatic heterocycles. The van der Waals surface area contributed by atoms with Crippen molar-refractivity contribution in [2.75, 3.05) is 27.2 Å². The average Bonchev–Trinajstić information content (AvgIpc) is 2.53. The highest BCUT2D eigenvalue weighted by Crippen LogP contribution is 2.37. The molecule has 0 aromatic heterocycles. The van der Waals surface area contributed by atoms with E-state index in [2.05, 4.69) is 31.5 Å². The molecule has 0 radical (unpaired) electrons. The van der Waals surface area contributed by atoms with Crippen molar-refractivity contribution >= 4 is 6.03 Å². The minimum Gasteiger partial charge on any atom is -0.335 e. The maximum atomic E-state index is 12.9. The molecule has 1 saturated carbocycles. The Balaban J connectivity index is 1.77. The fourth-order valence-electron chi connectivity index (χ4n) is 3.69. The summed E-state index contributed by atoms with van der Waals surface area (Å²) in [5, 5.41) is 15.4. The first-order valence-electron chi connectivity index (χ1n) is 9.67. The molecule has 5 N–H and O–H groups in total. The fourth-order valence-corrected chi connectivity index (χ4v) is 3.69. The number of hydrogen-bond acceptors (Lipinski definition) is 5. The number of carbonyl (C=O) groups is 1. The van der Waals surface area contributed by atoms with Crippen molar-refractivity contribution in [2.24, 2.45) is 5.92 Å². The number of rotatable bonds is 6. The van der Waals surface area contributed by atoms with E-state index in [1.54, 1.807) is 0 Å². The van der Waals surface area contributed by atoms with Gasteiger partial charge in [0.25, 0.3) is 0 Å². The molecule has 7 nitrogen and oxygen atoms in total. The third kappa shape index (κ3) is 7.81. The van der Waals surface area contributed by atoms with Crippen LogP contribution in [-0.4, -0.2) is 68.8 Å². The van der Waals surface area contributed by atoms with Crippen molar-refractivity contribution in [1.82, 2.24) is 31.5 Å². The van der Waals surface area contributed by atoms with Gasteiger partial charge >= 0.3 is 12.2 Å². The number of amides is 2. The Morgan fingerprint density at radius 2 is 1.89 bits per heavy atom. The van der Waals surface area contributed by atoms with Gasteiger partial charge in [0.05, 0.1) is 12.1 Å². The maximum Gasteiger partial charge on any atom is 0.391 e. The minimum absolute atomic E-state index is 0.0481. The number of nitrogens with zero attached hydrogens (tertiary/aromatic N) is 1. The molecular formula is C17H33F3N6O. The van der Waals surface area contributed by atoms with E-state index in [0.717, 1.165) is 19.5 Å². The smallest absolute Gasteiger partial charge is 0.335 e. The first-order chi connectivity index (χ1) is 12.6. The predicted octanol–water partition coefficient (Wildman–Crippen LogP) is 1.14. The van der Waals surface area contributed by atoms with Crippen molar-refractivity contribution in [2.45, 2.75) is 69.7 Å². The van der Waals surface area contributed by atoms with Gasteiger partial charge in [-0.2, -0.15) is 13.2 Å². The van der Waals surface area contributed by atoms with Gasteiger partial charge < -0.3 is 20.9 Å². The summed E-state index contributed by atoms with van der Waals surface area (Å²) >= 11 is 0. The van der Waals surface area contributed by atoms with Crippen LogP contribution in [0.25, 0.3) is 0 Å². The third-order valence-electron chi connectivity index (χ3n) is 5.11. The van der Waals surface area contributed by atoms with Crippen LogP contribution in [0.3, 0.4) is 0 Å². The molecule has 0 bridgehead atoms. The molecular weight excluding hydrogens is 361 g/mol. The maximum absolute atomic E-state index is 12.9. The van der Waals surface area contributed by atoms with Crippen LogP contribution in [0.4, 0.5) is 18.0 Å². The van der Waals surface area contributed by atoms with E-state index in [9.17, 15) is 18.0 Å². The Bertz CT molecular complexity index is 476. The average molecular weight is 394 g/mol. The van der Waals surface area contributed by atoms with E-state index < -0.39 is 30.5 Å². The molecule has 2 rings (SSSR count). The lowest BCUT2D eigenvalue weighted by Gasteiger charge is -2.37. The van der Waals surface area contributed by atoms with Gasteiger partial charge in [-0.05, 0) is 46.7 Å². The Labute approximate surface area is 159 Å². The van der Waals surface area contributed by atoms with Gasteiger partial charge in [0.15, 0.2) is 0 Å². The van der Waals surface area contributed by atoms with Crippen LogP contribution < -0.4 is 26.6 Å². The van der Waals surface area contributed by atoms with Crippen molar-refractivity contribution in [1.29, 1.82) is 0 Å². The van der Waals surface area contributed by atoms with E-state index in [-0.39, 0.29) is 25.0 Å². The Kier molecular flexibility index (Phi) is 8.14. The zero-order chi connectivity index (χ0) is 20.0. The summed E-state index contributed by atoms with van der Waals surface area (Å²) < 4.78 is 38.7. The van der Waals surface area contributed by atoms with Crippen molar-refractivity contribution in [3.05, 3.63) is 0 Å². The van der Waals surface area contributed by atoms with Gasteiger partial charge in [-0.1, -0.05) is 6.42 Å². The molecule has 10 heteroatoms. The first-order valence-corrected chi connectivity index (χ1v) is 9.67. The number of likely N-dealkylation sites (N-methyl/N-ethyl adjacent to an activating group) is 1. The van der Waals surface area contributed by atoms with Crippen LogP contribution >= 0.6 is 0 Å². The summed E-state index contributed by atoms with van der Waals surface area (Å²) in [6.07, 6.45) is -2.56. The van der Waals surface area contributed by atoms with Gasteiger partial charge in [0.1, 0.15) is 6.29 Å². The largest absolute Gasteiger partial charge is 0.391 e. The minimum atomic E-state index is -4.19. The molecule has 5 atom stereocenters. The van der Waals surface area contributed by atoms with Crippen molar-refractivity contribution in [3.8, 4) is 0 Å². The molecule has 0 aromatic rings. The highest BCUT2D eigenvalue weighted by molar-refractivity contribution is 5.74. The lowest BCUT2D eigenvalue weighted by Crippen LogP contribution is -2.68. The van der Waals surface area contributed by atoms with Gasteiger partial charge in [0.2, 0.25) is 0 Å². The lowest BCUT2D eigenvalue weighted by atomic mass is 9.85. The van der Waals surface area contributed by atoms with Crippen LogP contribution in [0, 0.1) is 5.92 Å². The van der Waals surface area contributed by atoms with Crippen LogP contribution in [-0.2, 0) is 0 Å². The van der Waals surface area contributed by atoms with E-state index in [0.29, 0.717) is 12.8 Å². The van der Waals surface area contributed by atoms with Crippen LogP contribution in [0.1, 0.15) is 39.0 Å². The number of urea groups is 1. The van der Waals surface area contributed by atoms with E-state index in [4.69, 9.17) is 0 Å². The molecule has 2 fully saturated rings. The van der Waals surface area contributed by atoms with Gasteiger partial charge in [0, 0.05) is 25.2 Å². The number of carbonyl (C=O) groups excluding carboxylic acids is 1. The molecule has 1 heterocycles. The van der Waals surface area contributed by atoms with Crippen LogP contribution in [0.5, 0.6) is 0 Å². The predicted molar refractivity (Wildman–Crippen MR) is 98.0 cm³/mol. The van der Waals surface area contributed by atoms with Crippen molar-refractivity contribution in [3.63, 3.8) is 0 Å². The fraction of sp³-hybridized carbons (Fsp3) is 0.941. The summed E-state index contributed by atoms with van der Waals surface area (Å²) in [5.41, 5.74) is 0. The van der Waals surface area contributed by atoms with Crippen LogP contribution in [0.15, 0.2) is 0 Å². The zero-order valence-electron chi connectivity index (χ0n) is 16.3. The van der Waals surface area contributed by atoms with E-state index >= 15 is 0 Å². The SMILES string of the molecule is CC1CC(NCCN(C)C)NC(NC(=O)NC2CCCC(C(F)(F)F)C2)N1. The van der Waals surface area contributed by atoms with E-state index in [1.807, 2.05) is 21.0 Å². The number of halogens is 3. The normalized spacial score (nSPS) is 32.3. The number of hydrogen-bond donors (Lipinski definition) is 5. The quantitative estimate of drug-likeness (QED) is 0.467. The van der Waals surface area contributed by atoms with Gasteiger partial charge in [-0.15, -0.1) is 0 Å². The lowest BCUT2D eigenvalue weighted by molar-refractivity contribution is -0.183. The number of alkyl halides is 3. The molecule has 1 aliphatic carbocycles. The van der Waals surface area contributed by atoms with Crippen LogP contribution in [0.2, 0.25) is 0 Å². The molecule has 0 spiro atoms. The second-order valence-electron chi connectivity index (χ2n) is 7.93. The highest BCUT2D eigenvalue weighted by atomic mass is 19.4. The third-order valence-corrected chi connectivity index (χ3v) is 5.11. The van der Waals surface area contributed by atoms with Crippen molar-refractivity contribution < 1.29 is 18.0 Å². The monoisotopic (exact) mass is 394 g/mol. The molecule has 27 heavy (non-hydrogen) atoms. The van der Waals surface area contributed by atoms with Gasteiger partial charge in [-0.25, -0.2) is 4.79 Å². The highest BCUT2D eigenvalue weighted by Gasteiger charge is 2.42. The first kappa shape index (κ1) is 22.2. The molecule has 5 unspecified atom stereocenters. The topological polar surface area (TPSA) is 80.5 Å².